The SMILES string of the molecule is CCC(=O)N1CC(C)(C)c2cc(O)ccc21. The van der Waals surface area contributed by atoms with Crippen LogP contribution in [0, 0.1) is 0 Å². The second kappa shape index (κ2) is 3.51. The van der Waals surface area contributed by atoms with Gasteiger partial charge in [-0.3, -0.25) is 4.79 Å². The molecule has 0 aliphatic carbocycles. The van der Waals surface area contributed by atoms with Gasteiger partial charge in [0.2, 0.25) is 5.91 Å². The van der Waals surface area contributed by atoms with E-state index in [0.29, 0.717) is 13.0 Å². The van der Waals surface area contributed by atoms with Gasteiger partial charge in [0.25, 0.3) is 0 Å². The summed E-state index contributed by atoms with van der Waals surface area (Å²) in [7, 11) is 0. The van der Waals surface area contributed by atoms with E-state index in [1.807, 2.05) is 17.9 Å². The molecule has 1 aliphatic heterocycles. The van der Waals surface area contributed by atoms with Crippen LogP contribution in [-0.2, 0) is 10.2 Å². The quantitative estimate of drug-likeness (QED) is 0.788. The fourth-order valence-electron chi connectivity index (χ4n) is 2.28. The van der Waals surface area contributed by atoms with Crippen LogP contribution in [0.5, 0.6) is 5.75 Å². The van der Waals surface area contributed by atoms with Gasteiger partial charge in [-0.2, -0.15) is 0 Å². The normalized spacial score (nSPS) is 17.3. The largest absolute Gasteiger partial charge is 0.508 e. The lowest BCUT2D eigenvalue weighted by atomic mass is 9.87. The average molecular weight is 219 g/mol. The highest BCUT2D eigenvalue weighted by Crippen LogP contribution is 2.42. The summed E-state index contributed by atoms with van der Waals surface area (Å²) < 4.78 is 0. The van der Waals surface area contributed by atoms with Gasteiger partial charge in [-0.1, -0.05) is 20.8 Å². The Morgan fingerprint density at radius 2 is 2.19 bits per heavy atom. The number of phenols is 1. The lowest BCUT2D eigenvalue weighted by Crippen LogP contribution is -2.33. The number of carbonyl (C=O) groups excluding carboxylic acids is 1. The number of nitrogens with zero attached hydrogens (tertiary/aromatic N) is 1. The van der Waals surface area contributed by atoms with Crippen LogP contribution in [0.2, 0.25) is 0 Å². The van der Waals surface area contributed by atoms with Crippen molar-refractivity contribution < 1.29 is 9.90 Å². The van der Waals surface area contributed by atoms with Crippen LogP contribution in [0.15, 0.2) is 18.2 Å². The minimum absolute atomic E-state index is 0.0844. The Morgan fingerprint density at radius 3 is 2.81 bits per heavy atom. The number of rotatable bonds is 1. The Balaban J connectivity index is 2.51. The molecule has 86 valence electrons. The Kier molecular flexibility index (Phi) is 2.41. The Morgan fingerprint density at radius 1 is 1.50 bits per heavy atom. The summed E-state index contributed by atoms with van der Waals surface area (Å²) in [6.07, 6.45) is 0.510. The number of anilines is 1. The molecule has 1 aromatic carbocycles. The van der Waals surface area contributed by atoms with Crippen LogP contribution < -0.4 is 4.90 Å². The van der Waals surface area contributed by atoms with E-state index < -0.39 is 0 Å². The van der Waals surface area contributed by atoms with Crippen LogP contribution in [0.1, 0.15) is 32.8 Å². The fourth-order valence-corrected chi connectivity index (χ4v) is 2.28. The molecule has 0 spiro atoms. The first-order chi connectivity index (χ1) is 7.45. The van der Waals surface area contributed by atoms with Gasteiger partial charge in [-0.05, 0) is 23.8 Å². The minimum atomic E-state index is -0.0844. The number of fused-ring (bicyclic) bond motifs is 1. The van der Waals surface area contributed by atoms with E-state index in [1.165, 1.54) is 0 Å². The van der Waals surface area contributed by atoms with Crippen molar-refractivity contribution in [1.29, 1.82) is 0 Å². The highest BCUT2D eigenvalue weighted by Gasteiger charge is 2.37. The standard InChI is InChI=1S/C13H17NO2/c1-4-12(16)14-8-13(2,3)10-7-9(15)5-6-11(10)14/h5-7,15H,4,8H2,1-3H3. The number of hydrogen-bond donors (Lipinski definition) is 1. The zero-order valence-electron chi connectivity index (χ0n) is 9.95. The smallest absolute Gasteiger partial charge is 0.226 e. The number of hydrogen-bond acceptors (Lipinski definition) is 2. The molecule has 0 atom stereocenters. The van der Waals surface area contributed by atoms with Gasteiger partial charge in [0, 0.05) is 24.1 Å². The van der Waals surface area contributed by atoms with E-state index in [0.717, 1.165) is 11.3 Å². The van der Waals surface area contributed by atoms with Crippen molar-refractivity contribution in [3.8, 4) is 5.75 Å². The van der Waals surface area contributed by atoms with Crippen molar-refractivity contribution >= 4 is 11.6 Å². The van der Waals surface area contributed by atoms with E-state index in [-0.39, 0.29) is 17.1 Å². The molecule has 3 nitrogen and oxygen atoms in total. The average Bonchev–Trinajstić information content (AvgIpc) is 2.50. The fraction of sp³-hybridized carbons (Fsp3) is 0.462. The maximum absolute atomic E-state index is 11.8. The Hall–Kier alpha value is -1.51. The summed E-state index contributed by atoms with van der Waals surface area (Å²) in [6, 6.07) is 5.22. The molecular formula is C13H17NO2. The third-order valence-corrected chi connectivity index (χ3v) is 3.16. The second-order valence-corrected chi connectivity index (χ2v) is 4.92. The maximum atomic E-state index is 11.8. The molecule has 16 heavy (non-hydrogen) atoms. The van der Waals surface area contributed by atoms with E-state index in [1.54, 1.807) is 12.1 Å². The molecule has 0 saturated heterocycles. The first-order valence-electron chi connectivity index (χ1n) is 5.59. The second-order valence-electron chi connectivity index (χ2n) is 4.92. The zero-order chi connectivity index (χ0) is 11.9. The number of amides is 1. The predicted octanol–water partition coefficient (Wildman–Crippen LogP) is 2.43. The highest BCUT2D eigenvalue weighted by atomic mass is 16.3. The molecule has 1 N–H and O–H groups in total. The summed E-state index contributed by atoms with van der Waals surface area (Å²) in [4.78, 5) is 13.6. The molecule has 1 aliphatic rings. The molecule has 3 heteroatoms. The van der Waals surface area contributed by atoms with E-state index in [2.05, 4.69) is 13.8 Å². The minimum Gasteiger partial charge on any atom is -0.508 e. The highest BCUT2D eigenvalue weighted by molar-refractivity contribution is 5.96. The van der Waals surface area contributed by atoms with Crippen molar-refractivity contribution in [1.82, 2.24) is 0 Å². The van der Waals surface area contributed by atoms with E-state index in [4.69, 9.17) is 0 Å². The molecule has 1 aromatic rings. The summed E-state index contributed by atoms with van der Waals surface area (Å²) in [6.45, 7) is 6.74. The van der Waals surface area contributed by atoms with Gasteiger partial charge in [0.05, 0.1) is 0 Å². The molecule has 2 rings (SSSR count). The summed E-state index contributed by atoms with van der Waals surface area (Å²) in [5, 5.41) is 9.51. The molecule has 1 amide bonds. The van der Waals surface area contributed by atoms with Crippen LogP contribution in [0.4, 0.5) is 5.69 Å². The summed E-state index contributed by atoms with van der Waals surface area (Å²) in [5.41, 5.74) is 1.91. The van der Waals surface area contributed by atoms with Crippen molar-refractivity contribution in [3.05, 3.63) is 23.8 Å². The molecule has 0 radical (unpaired) electrons. The van der Waals surface area contributed by atoms with Crippen molar-refractivity contribution in [2.75, 3.05) is 11.4 Å². The lowest BCUT2D eigenvalue weighted by molar-refractivity contribution is -0.118. The van der Waals surface area contributed by atoms with Crippen LogP contribution in [0.3, 0.4) is 0 Å². The molecule has 0 fully saturated rings. The maximum Gasteiger partial charge on any atom is 0.226 e. The summed E-state index contributed by atoms with van der Waals surface area (Å²) >= 11 is 0. The first kappa shape index (κ1) is 11.0. The lowest BCUT2D eigenvalue weighted by Gasteiger charge is -2.20. The Labute approximate surface area is 95.7 Å². The molecule has 0 saturated carbocycles. The van der Waals surface area contributed by atoms with Gasteiger partial charge >= 0.3 is 0 Å². The molecule has 0 unspecified atom stereocenters. The molecule has 0 bridgehead atoms. The van der Waals surface area contributed by atoms with Gasteiger partial charge in [-0.15, -0.1) is 0 Å². The number of benzene rings is 1. The van der Waals surface area contributed by atoms with Gasteiger partial charge in [0.1, 0.15) is 5.75 Å². The predicted molar refractivity (Wildman–Crippen MR) is 63.8 cm³/mol. The topological polar surface area (TPSA) is 40.5 Å². The number of carbonyl (C=O) groups is 1. The van der Waals surface area contributed by atoms with E-state index >= 15 is 0 Å². The number of phenolic OH excluding ortho intramolecular Hbond substituents is 1. The van der Waals surface area contributed by atoms with Crippen molar-refractivity contribution in [3.63, 3.8) is 0 Å². The number of aromatic hydroxyl groups is 1. The summed E-state index contributed by atoms with van der Waals surface area (Å²) in [5.74, 6) is 0.398. The third-order valence-electron chi connectivity index (χ3n) is 3.16. The first-order valence-corrected chi connectivity index (χ1v) is 5.59. The van der Waals surface area contributed by atoms with E-state index in [9.17, 15) is 9.90 Å². The molecular weight excluding hydrogens is 202 g/mol. The molecule has 1 heterocycles. The van der Waals surface area contributed by atoms with Gasteiger partial charge in [-0.25, -0.2) is 0 Å². The van der Waals surface area contributed by atoms with Crippen LogP contribution in [0.25, 0.3) is 0 Å². The van der Waals surface area contributed by atoms with Crippen LogP contribution >= 0.6 is 0 Å². The van der Waals surface area contributed by atoms with Crippen molar-refractivity contribution in [2.45, 2.75) is 32.6 Å². The zero-order valence-corrected chi connectivity index (χ0v) is 9.95. The molecule has 0 aromatic heterocycles. The van der Waals surface area contributed by atoms with Gasteiger partial charge in [0.15, 0.2) is 0 Å². The monoisotopic (exact) mass is 219 g/mol. The van der Waals surface area contributed by atoms with Crippen molar-refractivity contribution in [2.24, 2.45) is 0 Å². The Bertz CT molecular complexity index is 438. The van der Waals surface area contributed by atoms with Gasteiger partial charge < -0.3 is 10.0 Å². The third kappa shape index (κ3) is 1.56. The van der Waals surface area contributed by atoms with Crippen LogP contribution in [-0.4, -0.2) is 17.6 Å².